The van der Waals surface area contributed by atoms with Crippen molar-refractivity contribution in [2.24, 2.45) is 0 Å². The van der Waals surface area contributed by atoms with Gasteiger partial charge in [0.25, 0.3) is 11.6 Å². The van der Waals surface area contributed by atoms with Gasteiger partial charge in [0.15, 0.2) is 5.82 Å². The third-order valence-corrected chi connectivity index (χ3v) is 3.37. The summed E-state index contributed by atoms with van der Waals surface area (Å²) in [6, 6.07) is 6.07. The molecule has 1 saturated heterocycles. The fraction of sp³-hybridized carbons (Fsp3) is 0.385. The number of nitrogens with zero attached hydrogens (tertiary/aromatic N) is 4. The first-order valence-electron chi connectivity index (χ1n) is 6.73. The molecule has 1 aromatic heterocycles. The van der Waals surface area contributed by atoms with Crippen LogP contribution in [0.1, 0.15) is 5.82 Å². The van der Waals surface area contributed by atoms with E-state index in [1.54, 1.807) is 12.1 Å². The predicted molar refractivity (Wildman–Crippen MR) is 74.5 cm³/mol. The Bertz CT molecular complexity index is 619. The molecule has 2 aromatic rings. The Morgan fingerprint density at radius 1 is 1.29 bits per heavy atom. The summed E-state index contributed by atoms with van der Waals surface area (Å²) in [6.07, 6.45) is 0. The molecule has 0 bridgehead atoms. The molecule has 1 aliphatic rings. The van der Waals surface area contributed by atoms with Crippen molar-refractivity contribution in [1.29, 1.82) is 0 Å². The van der Waals surface area contributed by atoms with E-state index in [4.69, 9.17) is 4.52 Å². The van der Waals surface area contributed by atoms with Gasteiger partial charge in [0.1, 0.15) is 0 Å². The first kappa shape index (κ1) is 13.7. The quantitative estimate of drug-likeness (QED) is 0.663. The van der Waals surface area contributed by atoms with E-state index in [-0.39, 0.29) is 5.69 Å². The predicted octanol–water partition coefficient (Wildman–Crippen LogP) is 1.05. The fourth-order valence-corrected chi connectivity index (χ4v) is 2.23. The Balaban J connectivity index is 1.70. The highest BCUT2D eigenvalue weighted by Gasteiger charge is 2.15. The average molecular weight is 289 g/mol. The highest BCUT2D eigenvalue weighted by atomic mass is 16.6. The van der Waals surface area contributed by atoms with Crippen LogP contribution in [-0.4, -0.2) is 46.1 Å². The summed E-state index contributed by atoms with van der Waals surface area (Å²) in [4.78, 5) is 16.8. The number of nitrogens with one attached hydrogen (secondary N) is 1. The summed E-state index contributed by atoms with van der Waals surface area (Å²) >= 11 is 0. The smallest absolute Gasteiger partial charge is 0.269 e. The lowest BCUT2D eigenvalue weighted by atomic mass is 10.2. The number of benzene rings is 1. The van der Waals surface area contributed by atoms with Crippen molar-refractivity contribution in [2.45, 2.75) is 6.54 Å². The summed E-state index contributed by atoms with van der Waals surface area (Å²) in [5, 5.41) is 17.9. The Labute approximate surface area is 120 Å². The van der Waals surface area contributed by atoms with Gasteiger partial charge >= 0.3 is 0 Å². The number of aromatic nitrogens is 2. The highest BCUT2D eigenvalue weighted by Crippen LogP contribution is 2.21. The number of piperazine rings is 1. The molecule has 1 aliphatic heterocycles. The van der Waals surface area contributed by atoms with Crippen LogP contribution < -0.4 is 5.32 Å². The molecule has 0 aliphatic carbocycles. The van der Waals surface area contributed by atoms with Crippen LogP contribution in [0.25, 0.3) is 11.5 Å². The first-order chi connectivity index (χ1) is 10.2. The lowest BCUT2D eigenvalue weighted by Gasteiger charge is -2.25. The van der Waals surface area contributed by atoms with E-state index in [9.17, 15) is 10.1 Å². The van der Waals surface area contributed by atoms with Crippen molar-refractivity contribution in [3.63, 3.8) is 0 Å². The maximum Gasteiger partial charge on any atom is 0.269 e. The minimum atomic E-state index is -0.437. The zero-order valence-corrected chi connectivity index (χ0v) is 11.4. The first-order valence-corrected chi connectivity index (χ1v) is 6.73. The van der Waals surface area contributed by atoms with Crippen LogP contribution >= 0.6 is 0 Å². The molecule has 1 N–H and O–H groups in total. The zero-order valence-electron chi connectivity index (χ0n) is 11.4. The summed E-state index contributed by atoms with van der Waals surface area (Å²) < 4.78 is 5.22. The lowest BCUT2D eigenvalue weighted by molar-refractivity contribution is -0.384. The summed E-state index contributed by atoms with van der Waals surface area (Å²) in [5.74, 6) is 1.01. The molecular weight excluding hydrogens is 274 g/mol. The fourth-order valence-electron chi connectivity index (χ4n) is 2.23. The molecule has 0 unspecified atom stereocenters. The van der Waals surface area contributed by atoms with Gasteiger partial charge < -0.3 is 9.84 Å². The number of hydrogen-bond acceptors (Lipinski definition) is 7. The Hall–Kier alpha value is -2.32. The molecule has 0 saturated carbocycles. The van der Waals surface area contributed by atoms with Crippen molar-refractivity contribution >= 4 is 5.69 Å². The number of nitro benzene ring substituents is 1. The molecule has 2 heterocycles. The molecule has 8 nitrogen and oxygen atoms in total. The Morgan fingerprint density at radius 3 is 2.67 bits per heavy atom. The number of nitro groups is 1. The summed E-state index contributed by atoms with van der Waals surface area (Å²) in [7, 11) is 0. The SMILES string of the molecule is O=[N+]([O-])c1ccc(-c2nc(CN3CCNCC3)no2)cc1. The van der Waals surface area contributed by atoms with Crippen molar-refractivity contribution < 1.29 is 9.45 Å². The van der Waals surface area contributed by atoms with Gasteiger partial charge in [-0.15, -0.1) is 0 Å². The van der Waals surface area contributed by atoms with Gasteiger partial charge in [0.05, 0.1) is 11.5 Å². The minimum Gasteiger partial charge on any atom is -0.334 e. The van der Waals surface area contributed by atoms with E-state index < -0.39 is 4.92 Å². The monoisotopic (exact) mass is 289 g/mol. The zero-order chi connectivity index (χ0) is 14.7. The van der Waals surface area contributed by atoms with Crippen molar-refractivity contribution in [1.82, 2.24) is 20.4 Å². The van der Waals surface area contributed by atoms with Crippen LogP contribution in [0.5, 0.6) is 0 Å². The second-order valence-corrected chi connectivity index (χ2v) is 4.85. The van der Waals surface area contributed by atoms with Gasteiger partial charge in [-0.2, -0.15) is 4.98 Å². The molecule has 1 aromatic carbocycles. The van der Waals surface area contributed by atoms with Crippen LogP contribution in [0.2, 0.25) is 0 Å². The van der Waals surface area contributed by atoms with E-state index in [1.165, 1.54) is 12.1 Å². The van der Waals surface area contributed by atoms with E-state index in [1.807, 2.05) is 0 Å². The molecule has 110 valence electrons. The third-order valence-electron chi connectivity index (χ3n) is 3.37. The highest BCUT2D eigenvalue weighted by molar-refractivity contribution is 5.55. The van der Waals surface area contributed by atoms with E-state index >= 15 is 0 Å². The number of non-ortho nitro benzene ring substituents is 1. The standard InChI is InChI=1S/C13H15N5O3/c19-18(20)11-3-1-10(2-4-11)13-15-12(16-21-13)9-17-7-5-14-6-8-17/h1-4,14H,5-9H2. The topological polar surface area (TPSA) is 97.3 Å². The molecule has 0 spiro atoms. The van der Waals surface area contributed by atoms with Gasteiger partial charge in [-0.3, -0.25) is 15.0 Å². The van der Waals surface area contributed by atoms with Crippen LogP contribution in [0.15, 0.2) is 28.8 Å². The number of rotatable bonds is 4. The van der Waals surface area contributed by atoms with Gasteiger partial charge in [-0.25, -0.2) is 0 Å². The Kier molecular flexibility index (Phi) is 3.89. The van der Waals surface area contributed by atoms with Crippen molar-refractivity contribution in [3.8, 4) is 11.5 Å². The second-order valence-electron chi connectivity index (χ2n) is 4.85. The largest absolute Gasteiger partial charge is 0.334 e. The normalized spacial score (nSPS) is 16.0. The molecule has 8 heteroatoms. The average Bonchev–Trinajstić information content (AvgIpc) is 2.97. The van der Waals surface area contributed by atoms with Crippen molar-refractivity contribution in [2.75, 3.05) is 26.2 Å². The minimum absolute atomic E-state index is 0.0410. The van der Waals surface area contributed by atoms with Crippen LogP contribution in [0.3, 0.4) is 0 Å². The van der Waals surface area contributed by atoms with E-state index in [2.05, 4.69) is 20.4 Å². The van der Waals surface area contributed by atoms with Crippen LogP contribution in [-0.2, 0) is 6.54 Å². The molecule has 3 rings (SSSR count). The van der Waals surface area contributed by atoms with Crippen LogP contribution in [0, 0.1) is 10.1 Å². The summed E-state index contributed by atoms with van der Waals surface area (Å²) in [6.45, 7) is 4.50. The molecule has 0 amide bonds. The molecule has 0 radical (unpaired) electrons. The van der Waals surface area contributed by atoms with E-state index in [0.29, 0.717) is 23.8 Å². The van der Waals surface area contributed by atoms with E-state index in [0.717, 1.165) is 26.2 Å². The molecule has 21 heavy (non-hydrogen) atoms. The molecule has 0 atom stereocenters. The van der Waals surface area contributed by atoms with Crippen LogP contribution in [0.4, 0.5) is 5.69 Å². The molecule has 1 fully saturated rings. The van der Waals surface area contributed by atoms with Gasteiger partial charge in [-0.1, -0.05) is 5.16 Å². The second kappa shape index (κ2) is 5.98. The number of hydrogen-bond donors (Lipinski definition) is 1. The van der Waals surface area contributed by atoms with Gasteiger partial charge in [0, 0.05) is 43.9 Å². The maximum atomic E-state index is 10.6. The summed E-state index contributed by atoms with van der Waals surface area (Å²) in [5.41, 5.74) is 0.721. The lowest BCUT2D eigenvalue weighted by Crippen LogP contribution is -2.43. The third kappa shape index (κ3) is 3.23. The molecular formula is C13H15N5O3. The Morgan fingerprint density at radius 2 is 2.00 bits per heavy atom. The van der Waals surface area contributed by atoms with Crippen molar-refractivity contribution in [3.05, 3.63) is 40.2 Å². The maximum absolute atomic E-state index is 10.6. The van der Waals surface area contributed by atoms with Gasteiger partial charge in [-0.05, 0) is 12.1 Å². The van der Waals surface area contributed by atoms with Gasteiger partial charge in [0.2, 0.25) is 0 Å².